The van der Waals surface area contributed by atoms with E-state index in [1.807, 2.05) is 6.92 Å². The van der Waals surface area contributed by atoms with E-state index in [0.717, 1.165) is 18.9 Å². The second-order valence-electron chi connectivity index (χ2n) is 5.38. The minimum Gasteiger partial charge on any atom is -0.356 e. The molecule has 0 aliphatic heterocycles. The van der Waals surface area contributed by atoms with Crippen LogP contribution in [0.1, 0.15) is 52.4 Å². The highest BCUT2D eigenvalue weighted by atomic mass is 16.1. The van der Waals surface area contributed by atoms with E-state index in [0.29, 0.717) is 12.5 Å². The Bertz CT molecular complexity index is 218. The first-order valence-electron chi connectivity index (χ1n) is 7.18. The Hall–Kier alpha value is -0.570. The van der Waals surface area contributed by atoms with Gasteiger partial charge in [-0.2, -0.15) is 0 Å². The number of hydrogen-bond donors (Lipinski definition) is 2. The van der Waals surface area contributed by atoms with E-state index >= 15 is 0 Å². The van der Waals surface area contributed by atoms with E-state index in [4.69, 9.17) is 5.73 Å². The number of carbonyl (C=O) groups excluding carboxylic acids is 1. The lowest BCUT2D eigenvalue weighted by Crippen LogP contribution is -2.38. The predicted octanol–water partition coefficient (Wildman–Crippen LogP) is 2.30. The van der Waals surface area contributed by atoms with Crippen LogP contribution in [0, 0.1) is 17.8 Å². The standard InChI is InChI=1S/C14H28N2O/c1-3-11-5-7-12(8-6-11)10-16-14(17)13(4-2)9-15/h11-13H,3-10,15H2,1-2H3,(H,16,17). The molecule has 0 aromatic heterocycles. The molecular formula is C14H28N2O. The maximum atomic E-state index is 11.8. The van der Waals surface area contributed by atoms with Crippen LogP contribution in [0.4, 0.5) is 0 Å². The number of nitrogens with two attached hydrogens (primary N) is 1. The molecule has 1 atom stereocenters. The van der Waals surface area contributed by atoms with Crippen LogP contribution in [0.15, 0.2) is 0 Å². The summed E-state index contributed by atoms with van der Waals surface area (Å²) in [6.07, 6.45) is 7.38. The third-order valence-electron chi connectivity index (χ3n) is 4.26. The lowest BCUT2D eigenvalue weighted by atomic mass is 9.81. The molecule has 1 rings (SSSR count). The zero-order chi connectivity index (χ0) is 12.7. The highest BCUT2D eigenvalue weighted by Gasteiger charge is 2.21. The van der Waals surface area contributed by atoms with Crippen LogP contribution in [0.3, 0.4) is 0 Å². The Morgan fingerprint density at radius 2 is 1.82 bits per heavy atom. The van der Waals surface area contributed by atoms with Gasteiger partial charge in [0.05, 0.1) is 0 Å². The van der Waals surface area contributed by atoms with Crippen molar-refractivity contribution in [3.05, 3.63) is 0 Å². The quantitative estimate of drug-likeness (QED) is 0.748. The van der Waals surface area contributed by atoms with Gasteiger partial charge in [-0.25, -0.2) is 0 Å². The van der Waals surface area contributed by atoms with E-state index < -0.39 is 0 Å². The van der Waals surface area contributed by atoms with Gasteiger partial charge in [0, 0.05) is 19.0 Å². The molecular weight excluding hydrogens is 212 g/mol. The van der Waals surface area contributed by atoms with Gasteiger partial charge in [0.25, 0.3) is 0 Å². The Labute approximate surface area is 106 Å². The first-order valence-corrected chi connectivity index (χ1v) is 7.18. The molecule has 0 aromatic carbocycles. The van der Waals surface area contributed by atoms with Crippen molar-refractivity contribution in [2.24, 2.45) is 23.5 Å². The number of nitrogens with one attached hydrogen (secondary N) is 1. The fraction of sp³-hybridized carbons (Fsp3) is 0.929. The molecule has 0 bridgehead atoms. The normalized spacial score (nSPS) is 26.5. The van der Waals surface area contributed by atoms with Gasteiger partial charge >= 0.3 is 0 Å². The predicted molar refractivity (Wildman–Crippen MR) is 71.6 cm³/mol. The summed E-state index contributed by atoms with van der Waals surface area (Å²) in [6, 6.07) is 0. The molecule has 1 amide bonds. The SMILES string of the molecule is CCC1CCC(CNC(=O)C(CC)CN)CC1. The molecule has 17 heavy (non-hydrogen) atoms. The molecule has 3 nitrogen and oxygen atoms in total. The Morgan fingerprint density at radius 1 is 1.24 bits per heavy atom. The molecule has 0 heterocycles. The Balaban J connectivity index is 2.21. The summed E-state index contributed by atoms with van der Waals surface area (Å²) in [5.41, 5.74) is 5.57. The highest BCUT2D eigenvalue weighted by molar-refractivity contribution is 5.78. The first-order chi connectivity index (χ1) is 8.21. The molecule has 0 saturated heterocycles. The smallest absolute Gasteiger partial charge is 0.224 e. The van der Waals surface area contributed by atoms with Crippen molar-refractivity contribution in [2.75, 3.05) is 13.1 Å². The first kappa shape index (κ1) is 14.5. The zero-order valence-electron chi connectivity index (χ0n) is 11.4. The number of rotatable bonds is 6. The van der Waals surface area contributed by atoms with Crippen molar-refractivity contribution in [2.45, 2.75) is 52.4 Å². The van der Waals surface area contributed by atoms with Crippen LogP contribution >= 0.6 is 0 Å². The van der Waals surface area contributed by atoms with Crippen molar-refractivity contribution < 1.29 is 4.79 Å². The number of carbonyl (C=O) groups is 1. The summed E-state index contributed by atoms with van der Waals surface area (Å²) in [6.45, 7) is 5.61. The van der Waals surface area contributed by atoms with Crippen molar-refractivity contribution in [3.63, 3.8) is 0 Å². The second-order valence-corrected chi connectivity index (χ2v) is 5.38. The van der Waals surface area contributed by atoms with Gasteiger partial charge in [-0.15, -0.1) is 0 Å². The van der Waals surface area contributed by atoms with Gasteiger partial charge in [-0.05, 0) is 31.1 Å². The Morgan fingerprint density at radius 3 is 2.29 bits per heavy atom. The summed E-state index contributed by atoms with van der Waals surface area (Å²) >= 11 is 0. The molecule has 1 fully saturated rings. The summed E-state index contributed by atoms with van der Waals surface area (Å²) in [4.78, 5) is 11.8. The fourth-order valence-corrected chi connectivity index (χ4v) is 2.69. The van der Waals surface area contributed by atoms with E-state index in [1.54, 1.807) is 0 Å². The monoisotopic (exact) mass is 240 g/mol. The average Bonchev–Trinajstić information content (AvgIpc) is 2.38. The minimum absolute atomic E-state index is 0.00183. The van der Waals surface area contributed by atoms with Gasteiger partial charge in [0.15, 0.2) is 0 Å². The van der Waals surface area contributed by atoms with Gasteiger partial charge < -0.3 is 11.1 Å². The fourth-order valence-electron chi connectivity index (χ4n) is 2.69. The molecule has 0 aromatic rings. The molecule has 0 spiro atoms. The summed E-state index contributed by atoms with van der Waals surface area (Å²) < 4.78 is 0. The third-order valence-corrected chi connectivity index (χ3v) is 4.26. The van der Waals surface area contributed by atoms with Gasteiger partial charge in [0.1, 0.15) is 0 Å². The van der Waals surface area contributed by atoms with Crippen LogP contribution in [0.2, 0.25) is 0 Å². The lowest BCUT2D eigenvalue weighted by Gasteiger charge is -2.28. The summed E-state index contributed by atoms with van der Waals surface area (Å²) in [5, 5.41) is 3.07. The summed E-state index contributed by atoms with van der Waals surface area (Å²) in [5.74, 6) is 1.76. The second kappa shape index (κ2) is 7.70. The third kappa shape index (κ3) is 4.66. The van der Waals surface area contributed by atoms with E-state index in [1.165, 1.54) is 32.1 Å². The van der Waals surface area contributed by atoms with Crippen LogP contribution < -0.4 is 11.1 Å². The molecule has 1 aliphatic carbocycles. The van der Waals surface area contributed by atoms with Crippen molar-refractivity contribution in [1.29, 1.82) is 0 Å². The van der Waals surface area contributed by atoms with Crippen molar-refractivity contribution >= 4 is 5.91 Å². The number of amides is 1. The molecule has 0 radical (unpaired) electrons. The van der Waals surface area contributed by atoms with E-state index in [9.17, 15) is 4.79 Å². The molecule has 1 aliphatic rings. The highest BCUT2D eigenvalue weighted by Crippen LogP contribution is 2.30. The van der Waals surface area contributed by atoms with Gasteiger partial charge in [0.2, 0.25) is 5.91 Å². The van der Waals surface area contributed by atoms with Crippen LogP contribution in [0.25, 0.3) is 0 Å². The maximum Gasteiger partial charge on any atom is 0.224 e. The molecule has 1 unspecified atom stereocenters. The molecule has 1 saturated carbocycles. The average molecular weight is 240 g/mol. The van der Waals surface area contributed by atoms with Crippen LogP contribution in [-0.4, -0.2) is 19.0 Å². The van der Waals surface area contributed by atoms with Gasteiger partial charge in [-0.3, -0.25) is 4.79 Å². The van der Waals surface area contributed by atoms with E-state index in [2.05, 4.69) is 12.2 Å². The lowest BCUT2D eigenvalue weighted by molar-refractivity contribution is -0.125. The van der Waals surface area contributed by atoms with E-state index in [-0.39, 0.29) is 11.8 Å². The number of hydrogen-bond acceptors (Lipinski definition) is 2. The molecule has 3 N–H and O–H groups in total. The van der Waals surface area contributed by atoms with Gasteiger partial charge in [-0.1, -0.05) is 33.1 Å². The van der Waals surface area contributed by atoms with Crippen molar-refractivity contribution in [1.82, 2.24) is 5.32 Å². The van der Waals surface area contributed by atoms with Crippen LogP contribution in [-0.2, 0) is 4.79 Å². The topological polar surface area (TPSA) is 55.1 Å². The van der Waals surface area contributed by atoms with Crippen LogP contribution in [0.5, 0.6) is 0 Å². The molecule has 100 valence electrons. The largest absolute Gasteiger partial charge is 0.356 e. The zero-order valence-corrected chi connectivity index (χ0v) is 11.4. The minimum atomic E-state index is 0.00183. The Kier molecular flexibility index (Phi) is 6.56. The van der Waals surface area contributed by atoms with Crippen molar-refractivity contribution in [3.8, 4) is 0 Å². The maximum absolute atomic E-state index is 11.8. The summed E-state index contributed by atoms with van der Waals surface area (Å²) in [7, 11) is 0. The molecule has 3 heteroatoms.